The highest BCUT2D eigenvalue weighted by Crippen LogP contribution is 2.33. The standard InChI is InChI=1S/C10H16BrNO4/c11-10(12(13)14)6-15-9(16-7-10)8-4-2-1-3-5-8/h8-9H,1-7H2. The summed E-state index contributed by atoms with van der Waals surface area (Å²) in [5.74, 6) is 0.414. The van der Waals surface area contributed by atoms with Gasteiger partial charge in [0.05, 0.1) is 0 Å². The fourth-order valence-electron chi connectivity index (χ4n) is 2.29. The molecule has 1 aliphatic carbocycles. The molecule has 0 amide bonds. The third kappa shape index (κ3) is 2.55. The van der Waals surface area contributed by atoms with Crippen LogP contribution in [-0.2, 0) is 9.47 Å². The van der Waals surface area contributed by atoms with Crippen LogP contribution >= 0.6 is 15.9 Å². The molecule has 1 aliphatic heterocycles. The summed E-state index contributed by atoms with van der Waals surface area (Å²) in [6.45, 7) is 0.169. The van der Waals surface area contributed by atoms with Crippen molar-refractivity contribution in [3.05, 3.63) is 10.1 Å². The molecule has 92 valence electrons. The highest BCUT2D eigenvalue weighted by molar-refractivity contribution is 9.10. The molecule has 0 aromatic rings. The SMILES string of the molecule is O=[N+]([O-])C1(Br)COC(C2CCCCC2)OC1. The number of nitrogens with zero attached hydrogens (tertiary/aromatic N) is 1. The summed E-state index contributed by atoms with van der Waals surface area (Å²) in [7, 11) is 0. The van der Waals surface area contributed by atoms with Crippen LogP contribution in [0.4, 0.5) is 0 Å². The van der Waals surface area contributed by atoms with E-state index < -0.39 is 4.45 Å². The van der Waals surface area contributed by atoms with Crippen molar-refractivity contribution in [1.82, 2.24) is 0 Å². The lowest BCUT2D eigenvalue weighted by Gasteiger charge is -2.35. The maximum atomic E-state index is 10.8. The maximum Gasteiger partial charge on any atom is 0.320 e. The first-order chi connectivity index (χ1) is 7.62. The summed E-state index contributed by atoms with van der Waals surface area (Å²) in [6.07, 6.45) is 5.67. The van der Waals surface area contributed by atoms with E-state index in [1.54, 1.807) is 0 Å². The molecule has 0 radical (unpaired) electrons. The smallest absolute Gasteiger partial charge is 0.320 e. The number of alkyl halides is 1. The predicted molar refractivity (Wildman–Crippen MR) is 60.9 cm³/mol. The molecule has 16 heavy (non-hydrogen) atoms. The third-order valence-electron chi connectivity index (χ3n) is 3.30. The van der Waals surface area contributed by atoms with E-state index in [2.05, 4.69) is 15.9 Å². The van der Waals surface area contributed by atoms with Gasteiger partial charge in [-0.15, -0.1) is 0 Å². The zero-order chi connectivity index (χ0) is 11.6. The maximum absolute atomic E-state index is 10.8. The lowest BCUT2D eigenvalue weighted by atomic mass is 9.88. The Morgan fingerprint density at radius 2 is 1.75 bits per heavy atom. The van der Waals surface area contributed by atoms with Crippen molar-refractivity contribution in [2.75, 3.05) is 13.2 Å². The molecule has 0 spiro atoms. The quantitative estimate of drug-likeness (QED) is 0.339. The van der Waals surface area contributed by atoms with Crippen molar-refractivity contribution in [2.24, 2.45) is 5.92 Å². The summed E-state index contributed by atoms with van der Waals surface area (Å²) in [4.78, 5) is 10.4. The van der Waals surface area contributed by atoms with E-state index in [1.165, 1.54) is 19.3 Å². The lowest BCUT2D eigenvalue weighted by Crippen LogP contribution is -2.50. The van der Waals surface area contributed by atoms with Crippen LogP contribution in [0.25, 0.3) is 0 Å². The summed E-state index contributed by atoms with van der Waals surface area (Å²) < 4.78 is 9.72. The molecular formula is C10H16BrNO4. The molecule has 1 heterocycles. The van der Waals surface area contributed by atoms with Crippen molar-refractivity contribution >= 4 is 15.9 Å². The largest absolute Gasteiger partial charge is 0.344 e. The number of nitro groups is 1. The van der Waals surface area contributed by atoms with Crippen molar-refractivity contribution < 1.29 is 14.4 Å². The first-order valence-electron chi connectivity index (χ1n) is 5.68. The van der Waals surface area contributed by atoms with E-state index in [0.717, 1.165) is 12.8 Å². The van der Waals surface area contributed by atoms with Gasteiger partial charge in [0.15, 0.2) is 6.29 Å². The lowest BCUT2D eigenvalue weighted by molar-refractivity contribution is -0.557. The van der Waals surface area contributed by atoms with Crippen molar-refractivity contribution in [1.29, 1.82) is 0 Å². The van der Waals surface area contributed by atoms with E-state index >= 15 is 0 Å². The Labute approximate surface area is 103 Å². The summed E-state index contributed by atoms with van der Waals surface area (Å²) in [5.41, 5.74) is 0. The Morgan fingerprint density at radius 3 is 2.25 bits per heavy atom. The molecule has 1 saturated carbocycles. The van der Waals surface area contributed by atoms with Crippen LogP contribution in [0.5, 0.6) is 0 Å². The van der Waals surface area contributed by atoms with Crippen molar-refractivity contribution in [2.45, 2.75) is 42.8 Å². The molecule has 0 aromatic carbocycles. The predicted octanol–water partition coefficient (Wildman–Crippen LogP) is 2.31. The van der Waals surface area contributed by atoms with Gasteiger partial charge in [0, 0.05) is 26.8 Å². The molecular weight excluding hydrogens is 278 g/mol. The first kappa shape index (κ1) is 12.3. The average Bonchev–Trinajstić information content (AvgIpc) is 2.31. The van der Waals surface area contributed by atoms with Gasteiger partial charge in [-0.1, -0.05) is 19.3 Å². The van der Waals surface area contributed by atoms with Crippen LogP contribution in [0.3, 0.4) is 0 Å². The first-order valence-corrected chi connectivity index (χ1v) is 6.48. The second-order valence-electron chi connectivity index (χ2n) is 4.56. The molecule has 1 saturated heterocycles. The Morgan fingerprint density at radius 1 is 1.19 bits per heavy atom. The Hall–Kier alpha value is -0.200. The van der Waals surface area contributed by atoms with Gasteiger partial charge in [-0.2, -0.15) is 0 Å². The fourth-order valence-corrected chi connectivity index (χ4v) is 2.56. The van der Waals surface area contributed by atoms with Gasteiger partial charge < -0.3 is 9.47 Å². The highest BCUT2D eigenvalue weighted by atomic mass is 79.9. The van der Waals surface area contributed by atoms with Crippen LogP contribution < -0.4 is 0 Å². The zero-order valence-electron chi connectivity index (χ0n) is 9.06. The summed E-state index contributed by atoms with van der Waals surface area (Å²) in [5, 5.41) is 10.8. The van der Waals surface area contributed by atoms with E-state index in [-0.39, 0.29) is 24.4 Å². The Balaban J connectivity index is 1.87. The topological polar surface area (TPSA) is 61.6 Å². The number of ether oxygens (including phenoxy) is 2. The van der Waals surface area contributed by atoms with Gasteiger partial charge in [0.25, 0.3) is 0 Å². The Kier molecular flexibility index (Phi) is 3.81. The van der Waals surface area contributed by atoms with Crippen LogP contribution in [0, 0.1) is 16.0 Å². The van der Waals surface area contributed by atoms with Gasteiger partial charge in [0.1, 0.15) is 13.2 Å². The van der Waals surface area contributed by atoms with Crippen LogP contribution in [-0.4, -0.2) is 28.9 Å². The molecule has 6 heteroatoms. The van der Waals surface area contributed by atoms with Gasteiger partial charge in [-0.3, -0.25) is 10.1 Å². The highest BCUT2D eigenvalue weighted by Gasteiger charge is 2.47. The monoisotopic (exact) mass is 293 g/mol. The zero-order valence-corrected chi connectivity index (χ0v) is 10.6. The third-order valence-corrected chi connectivity index (χ3v) is 4.05. The van der Waals surface area contributed by atoms with Crippen LogP contribution in [0.1, 0.15) is 32.1 Å². The average molecular weight is 294 g/mol. The fraction of sp³-hybridized carbons (Fsp3) is 1.00. The van der Waals surface area contributed by atoms with E-state index in [0.29, 0.717) is 5.92 Å². The molecule has 0 bridgehead atoms. The van der Waals surface area contributed by atoms with Crippen molar-refractivity contribution in [3.8, 4) is 0 Å². The second-order valence-corrected chi connectivity index (χ2v) is 6.04. The molecule has 5 nitrogen and oxygen atoms in total. The molecule has 2 aliphatic rings. The molecule has 2 rings (SSSR count). The second kappa shape index (κ2) is 4.98. The molecule has 0 N–H and O–H groups in total. The van der Waals surface area contributed by atoms with E-state index in [1.807, 2.05) is 0 Å². The van der Waals surface area contributed by atoms with Gasteiger partial charge in [-0.05, 0) is 12.8 Å². The number of rotatable bonds is 2. The summed E-state index contributed by atoms with van der Waals surface area (Å²) >= 11 is 3.06. The van der Waals surface area contributed by atoms with Gasteiger partial charge in [-0.25, -0.2) is 0 Å². The normalized spacial score (nSPS) is 37.2. The molecule has 0 atom stereocenters. The van der Waals surface area contributed by atoms with Gasteiger partial charge in [0.2, 0.25) is 0 Å². The van der Waals surface area contributed by atoms with E-state index in [9.17, 15) is 10.1 Å². The van der Waals surface area contributed by atoms with Crippen molar-refractivity contribution in [3.63, 3.8) is 0 Å². The number of hydrogen-bond acceptors (Lipinski definition) is 4. The number of halogens is 1. The minimum atomic E-state index is -1.25. The van der Waals surface area contributed by atoms with Gasteiger partial charge >= 0.3 is 4.45 Å². The van der Waals surface area contributed by atoms with Crippen LogP contribution in [0.15, 0.2) is 0 Å². The minimum Gasteiger partial charge on any atom is -0.344 e. The molecule has 0 aromatic heterocycles. The minimum absolute atomic E-state index is 0.0845. The van der Waals surface area contributed by atoms with E-state index in [4.69, 9.17) is 9.47 Å². The molecule has 0 unspecified atom stereocenters. The molecule has 2 fully saturated rings. The van der Waals surface area contributed by atoms with Crippen LogP contribution in [0.2, 0.25) is 0 Å². The summed E-state index contributed by atoms with van der Waals surface area (Å²) in [6, 6.07) is 0. The Bertz CT molecular complexity index is 260. The number of hydrogen-bond donors (Lipinski definition) is 0.